The van der Waals surface area contributed by atoms with Gasteiger partial charge < -0.3 is 9.84 Å². The first-order chi connectivity index (χ1) is 7.13. The minimum atomic E-state index is -0.865. The van der Waals surface area contributed by atoms with E-state index in [0.717, 1.165) is 10.6 Å². The lowest BCUT2D eigenvalue weighted by Crippen LogP contribution is -2.28. The fourth-order valence-electron chi connectivity index (χ4n) is 0.851. The number of aliphatic carboxylic acids is 1. The molecule has 1 aromatic rings. The summed E-state index contributed by atoms with van der Waals surface area (Å²) in [6.07, 6.45) is 0. The van der Waals surface area contributed by atoms with Gasteiger partial charge in [-0.1, -0.05) is 0 Å². The Balaban J connectivity index is 2.47. The van der Waals surface area contributed by atoms with E-state index >= 15 is 0 Å². The van der Waals surface area contributed by atoms with Crippen LogP contribution in [0.4, 0.5) is 0 Å². The molecular formula is C10H13NO3S. The number of methoxy groups -OCH3 is 1. The molecule has 0 fully saturated rings. The number of nitrogens with one attached hydrogen (secondary N) is 1. The van der Waals surface area contributed by atoms with Crippen molar-refractivity contribution >= 4 is 17.9 Å². The zero-order valence-corrected chi connectivity index (χ0v) is 9.38. The van der Waals surface area contributed by atoms with Crippen molar-refractivity contribution in [3.8, 4) is 5.75 Å². The number of rotatable bonds is 5. The van der Waals surface area contributed by atoms with Crippen LogP contribution < -0.4 is 9.46 Å². The average molecular weight is 227 g/mol. The molecule has 0 aliphatic rings. The zero-order valence-electron chi connectivity index (χ0n) is 8.56. The number of benzene rings is 1. The fraction of sp³-hybridized carbons (Fsp3) is 0.300. The summed E-state index contributed by atoms with van der Waals surface area (Å²) in [6.45, 7) is 1.60. The quantitative estimate of drug-likeness (QED) is 0.751. The van der Waals surface area contributed by atoms with E-state index in [9.17, 15) is 4.79 Å². The summed E-state index contributed by atoms with van der Waals surface area (Å²) < 4.78 is 7.82. The van der Waals surface area contributed by atoms with Gasteiger partial charge in [-0.3, -0.25) is 4.79 Å². The highest BCUT2D eigenvalue weighted by atomic mass is 32.2. The zero-order chi connectivity index (χ0) is 11.3. The Morgan fingerprint density at radius 1 is 1.47 bits per heavy atom. The van der Waals surface area contributed by atoms with Gasteiger partial charge in [0, 0.05) is 4.90 Å². The Hall–Kier alpha value is -1.20. The molecule has 0 spiro atoms. The monoisotopic (exact) mass is 227 g/mol. The summed E-state index contributed by atoms with van der Waals surface area (Å²) in [5.74, 6) is -0.0818. The predicted octanol–water partition coefficient (Wildman–Crippen LogP) is 1.76. The second-order valence-corrected chi connectivity index (χ2v) is 3.87. The van der Waals surface area contributed by atoms with Crippen LogP contribution in [0, 0.1) is 0 Å². The summed E-state index contributed by atoms with van der Waals surface area (Å²) in [5, 5.41) is 8.65. The second-order valence-electron chi connectivity index (χ2n) is 2.96. The molecule has 0 radical (unpaired) electrons. The molecule has 15 heavy (non-hydrogen) atoms. The fourth-order valence-corrected chi connectivity index (χ4v) is 1.54. The molecule has 4 nitrogen and oxygen atoms in total. The second kappa shape index (κ2) is 5.63. The smallest absolute Gasteiger partial charge is 0.321 e. The molecule has 5 heteroatoms. The van der Waals surface area contributed by atoms with Crippen molar-refractivity contribution in [3.63, 3.8) is 0 Å². The lowest BCUT2D eigenvalue weighted by atomic mass is 10.3. The molecule has 0 saturated heterocycles. The minimum absolute atomic E-state index is 0.572. The Morgan fingerprint density at radius 3 is 2.53 bits per heavy atom. The van der Waals surface area contributed by atoms with Crippen molar-refractivity contribution in [2.75, 3.05) is 7.11 Å². The molecule has 1 atom stereocenters. The highest BCUT2D eigenvalue weighted by molar-refractivity contribution is 7.97. The minimum Gasteiger partial charge on any atom is -0.497 e. The van der Waals surface area contributed by atoms with Crippen molar-refractivity contribution in [3.05, 3.63) is 24.3 Å². The number of carboxylic acid groups (broad SMARTS) is 1. The van der Waals surface area contributed by atoms with Gasteiger partial charge in [0.05, 0.1) is 7.11 Å². The molecule has 0 aliphatic carbocycles. The first-order valence-corrected chi connectivity index (χ1v) is 5.24. The number of hydrogen-bond donors (Lipinski definition) is 2. The van der Waals surface area contributed by atoms with Gasteiger partial charge in [0.1, 0.15) is 11.8 Å². The van der Waals surface area contributed by atoms with Gasteiger partial charge in [0.25, 0.3) is 0 Å². The van der Waals surface area contributed by atoms with E-state index in [1.807, 2.05) is 24.3 Å². The molecule has 82 valence electrons. The summed E-state index contributed by atoms with van der Waals surface area (Å²) in [5.41, 5.74) is 0. The average Bonchev–Trinajstić information content (AvgIpc) is 2.26. The third kappa shape index (κ3) is 3.81. The molecule has 0 aliphatic heterocycles. The van der Waals surface area contributed by atoms with Crippen molar-refractivity contribution in [2.24, 2.45) is 0 Å². The van der Waals surface area contributed by atoms with Gasteiger partial charge in [-0.25, -0.2) is 4.72 Å². The summed E-state index contributed by atoms with van der Waals surface area (Å²) in [7, 11) is 1.60. The van der Waals surface area contributed by atoms with Crippen molar-refractivity contribution in [1.29, 1.82) is 0 Å². The lowest BCUT2D eigenvalue weighted by molar-refractivity contribution is -0.138. The van der Waals surface area contributed by atoms with Crippen LogP contribution in [0.3, 0.4) is 0 Å². The first kappa shape index (κ1) is 11.9. The van der Waals surface area contributed by atoms with Crippen molar-refractivity contribution in [2.45, 2.75) is 17.9 Å². The van der Waals surface area contributed by atoms with Crippen LogP contribution in [0.2, 0.25) is 0 Å². The molecule has 0 bridgehead atoms. The summed E-state index contributed by atoms with van der Waals surface area (Å²) in [6, 6.07) is 6.82. The van der Waals surface area contributed by atoms with E-state index in [1.165, 1.54) is 11.9 Å². The Bertz CT molecular complexity index is 326. The Morgan fingerprint density at radius 2 is 2.07 bits per heavy atom. The van der Waals surface area contributed by atoms with Crippen LogP contribution in [0.1, 0.15) is 6.92 Å². The van der Waals surface area contributed by atoms with Crippen molar-refractivity contribution in [1.82, 2.24) is 4.72 Å². The van der Waals surface area contributed by atoms with Gasteiger partial charge in [-0.15, -0.1) is 0 Å². The van der Waals surface area contributed by atoms with Crippen LogP contribution >= 0.6 is 11.9 Å². The normalized spacial score (nSPS) is 12.1. The predicted molar refractivity (Wildman–Crippen MR) is 59.1 cm³/mol. The van der Waals surface area contributed by atoms with Gasteiger partial charge >= 0.3 is 5.97 Å². The largest absolute Gasteiger partial charge is 0.497 e. The molecular weight excluding hydrogens is 214 g/mol. The molecule has 0 aromatic heterocycles. The topological polar surface area (TPSA) is 58.6 Å². The van der Waals surface area contributed by atoms with Gasteiger partial charge in [-0.2, -0.15) is 0 Å². The highest BCUT2D eigenvalue weighted by Gasteiger charge is 2.09. The number of carbonyl (C=O) groups is 1. The number of hydrogen-bond acceptors (Lipinski definition) is 4. The molecule has 0 amide bonds. The maximum Gasteiger partial charge on any atom is 0.321 e. The Labute approximate surface area is 92.8 Å². The van der Waals surface area contributed by atoms with Crippen LogP contribution in [0.5, 0.6) is 5.75 Å². The first-order valence-electron chi connectivity index (χ1n) is 4.42. The Kier molecular flexibility index (Phi) is 4.45. The van der Waals surface area contributed by atoms with E-state index in [4.69, 9.17) is 9.84 Å². The SMILES string of the molecule is COc1ccc(SNC(C)C(=O)O)cc1. The van der Waals surface area contributed by atoms with E-state index in [1.54, 1.807) is 14.0 Å². The molecule has 0 saturated carbocycles. The van der Waals surface area contributed by atoms with Crippen LogP contribution in [-0.2, 0) is 4.79 Å². The van der Waals surface area contributed by atoms with Crippen LogP contribution in [0.25, 0.3) is 0 Å². The maximum absolute atomic E-state index is 10.5. The summed E-state index contributed by atoms with van der Waals surface area (Å²) >= 11 is 1.29. The van der Waals surface area contributed by atoms with Crippen LogP contribution in [-0.4, -0.2) is 24.2 Å². The standard InChI is InChI=1S/C10H13NO3S/c1-7(10(12)13)11-15-9-5-3-8(14-2)4-6-9/h3-7,11H,1-2H3,(H,12,13). The molecule has 0 heterocycles. The van der Waals surface area contributed by atoms with Crippen LogP contribution in [0.15, 0.2) is 29.2 Å². The van der Waals surface area contributed by atoms with Gasteiger partial charge in [0.2, 0.25) is 0 Å². The third-order valence-electron chi connectivity index (χ3n) is 1.78. The van der Waals surface area contributed by atoms with E-state index in [0.29, 0.717) is 0 Å². The third-order valence-corrected chi connectivity index (χ3v) is 2.76. The molecule has 1 aromatic carbocycles. The molecule has 1 rings (SSSR count). The number of carboxylic acids is 1. The molecule has 2 N–H and O–H groups in total. The lowest BCUT2D eigenvalue weighted by Gasteiger charge is -2.08. The van der Waals surface area contributed by atoms with E-state index < -0.39 is 12.0 Å². The maximum atomic E-state index is 10.5. The summed E-state index contributed by atoms with van der Waals surface area (Å²) in [4.78, 5) is 11.5. The highest BCUT2D eigenvalue weighted by Crippen LogP contribution is 2.19. The van der Waals surface area contributed by atoms with E-state index in [-0.39, 0.29) is 0 Å². The number of ether oxygens (including phenoxy) is 1. The van der Waals surface area contributed by atoms with Gasteiger partial charge in [-0.05, 0) is 43.1 Å². The molecule has 1 unspecified atom stereocenters. The van der Waals surface area contributed by atoms with Gasteiger partial charge in [0.15, 0.2) is 0 Å². The van der Waals surface area contributed by atoms with Crippen molar-refractivity contribution < 1.29 is 14.6 Å². The van der Waals surface area contributed by atoms with E-state index in [2.05, 4.69) is 4.72 Å².